The number of rotatable bonds is 1. The Balaban J connectivity index is 1.44. The first-order chi connectivity index (χ1) is 12.2. The average Bonchev–Trinajstić information content (AvgIpc) is 2.89. The van der Waals surface area contributed by atoms with Crippen molar-refractivity contribution >= 4 is 32.7 Å². The lowest BCUT2D eigenvalue weighted by molar-refractivity contribution is 0.0438. The minimum Gasteiger partial charge on any atom is -0.378 e. The number of nitrogens with zero attached hydrogens (tertiary/aromatic N) is 4. The van der Waals surface area contributed by atoms with Crippen molar-refractivity contribution in [3.63, 3.8) is 0 Å². The number of aromatic nitrogens is 1. The summed E-state index contributed by atoms with van der Waals surface area (Å²) in [5.41, 5.74) is 2.33. The van der Waals surface area contributed by atoms with Crippen molar-refractivity contribution < 1.29 is 9.53 Å². The largest absolute Gasteiger partial charge is 0.378 e. The van der Waals surface area contributed by atoms with Crippen molar-refractivity contribution in [2.24, 2.45) is 0 Å². The molecule has 2 amide bonds. The first-order valence-corrected chi connectivity index (χ1v) is 9.76. The lowest BCUT2D eigenvalue weighted by Gasteiger charge is -2.32. The van der Waals surface area contributed by atoms with Gasteiger partial charge in [0.1, 0.15) is 0 Å². The van der Waals surface area contributed by atoms with E-state index < -0.39 is 0 Å². The molecule has 2 aliphatic heterocycles. The Morgan fingerprint density at radius 1 is 1.08 bits per heavy atom. The van der Waals surface area contributed by atoms with Gasteiger partial charge in [0.25, 0.3) is 0 Å². The summed E-state index contributed by atoms with van der Waals surface area (Å²) in [6.45, 7) is 8.18. The lowest BCUT2D eigenvalue weighted by Crippen LogP contribution is -2.49. The number of fused-ring (bicyclic) bond motifs is 1. The van der Waals surface area contributed by atoms with Crippen LogP contribution in [0.15, 0.2) is 18.2 Å². The van der Waals surface area contributed by atoms with Gasteiger partial charge in [0.2, 0.25) is 0 Å². The third kappa shape index (κ3) is 3.57. The molecule has 0 aliphatic carbocycles. The van der Waals surface area contributed by atoms with Crippen LogP contribution >= 0.6 is 11.3 Å². The van der Waals surface area contributed by atoms with Crippen molar-refractivity contribution in [2.45, 2.75) is 13.3 Å². The Labute approximate surface area is 152 Å². The van der Waals surface area contributed by atoms with Crippen molar-refractivity contribution in [1.29, 1.82) is 0 Å². The van der Waals surface area contributed by atoms with Gasteiger partial charge in [-0.1, -0.05) is 17.4 Å². The van der Waals surface area contributed by atoms with E-state index in [1.54, 1.807) is 11.3 Å². The highest BCUT2D eigenvalue weighted by Crippen LogP contribution is 2.30. The van der Waals surface area contributed by atoms with Crippen LogP contribution in [-0.4, -0.2) is 73.3 Å². The number of carbonyl (C=O) groups is 1. The molecule has 0 radical (unpaired) electrons. The molecule has 3 heterocycles. The molecular formula is C18H24N4O2S. The van der Waals surface area contributed by atoms with E-state index in [1.165, 1.54) is 10.3 Å². The molecule has 0 unspecified atom stereocenters. The monoisotopic (exact) mass is 360 g/mol. The highest BCUT2D eigenvalue weighted by atomic mass is 32.1. The molecule has 2 aliphatic rings. The zero-order valence-electron chi connectivity index (χ0n) is 14.6. The summed E-state index contributed by atoms with van der Waals surface area (Å²) in [5.74, 6) is 0. The Hall–Kier alpha value is -1.86. The maximum Gasteiger partial charge on any atom is 0.320 e. The topological polar surface area (TPSA) is 48.9 Å². The number of urea groups is 1. The van der Waals surface area contributed by atoms with Crippen molar-refractivity contribution in [2.75, 3.05) is 57.4 Å². The van der Waals surface area contributed by atoms with Crippen LogP contribution in [0.1, 0.15) is 12.0 Å². The second kappa shape index (κ2) is 7.17. The molecule has 2 aromatic rings. The molecule has 0 bridgehead atoms. The summed E-state index contributed by atoms with van der Waals surface area (Å²) in [6, 6.07) is 6.56. The number of benzene rings is 1. The van der Waals surface area contributed by atoms with Gasteiger partial charge in [-0.2, -0.15) is 0 Å². The number of carbonyl (C=O) groups excluding carboxylic acids is 1. The number of aryl methyl sites for hydroxylation is 1. The summed E-state index contributed by atoms with van der Waals surface area (Å²) < 4.78 is 6.58. The summed E-state index contributed by atoms with van der Waals surface area (Å²) in [4.78, 5) is 23.7. The predicted octanol–water partition coefficient (Wildman–Crippen LogP) is 2.57. The number of morpholine rings is 1. The molecule has 0 N–H and O–H groups in total. The van der Waals surface area contributed by atoms with Gasteiger partial charge >= 0.3 is 6.03 Å². The van der Waals surface area contributed by atoms with E-state index in [4.69, 9.17) is 9.72 Å². The van der Waals surface area contributed by atoms with Gasteiger partial charge in [0.05, 0.1) is 23.4 Å². The van der Waals surface area contributed by atoms with Gasteiger partial charge < -0.3 is 19.4 Å². The molecule has 2 fully saturated rings. The number of thiazole rings is 1. The third-order valence-electron chi connectivity index (χ3n) is 4.85. The number of hydrogen-bond donors (Lipinski definition) is 0. The van der Waals surface area contributed by atoms with Crippen molar-refractivity contribution in [3.05, 3.63) is 23.8 Å². The molecule has 1 aromatic carbocycles. The van der Waals surface area contributed by atoms with E-state index in [1.807, 2.05) is 9.80 Å². The molecular weight excluding hydrogens is 336 g/mol. The van der Waals surface area contributed by atoms with Gasteiger partial charge in [-0.3, -0.25) is 0 Å². The molecule has 134 valence electrons. The minimum atomic E-state index is 0.157. The standard InChI is InChI=1S/C18H24N4O2S/c1-14-3-4-15-16(13-14)25-17(19-15)20-5-2-6-21(8-7-20)18(23)22-9-11-24-12-10-22/h3-4,13H,2,5-12H2,1H3. The van der Waals surface area contributed by atoms with Gasteiger partial charge in [-0.25, -0.2) is 9.78 Å². The Bertz CT molecular complexity index is 757. The van der Waals surface area contributed by atoms with E-state index in [-0.39, 0.29) is 6.03 Å². The predicted molar refractivity (Wildman–Crippen MR) is 101 cm³/mol. The van der Waals surface area contributed by atoms with Gasteiger partial charge in [-0.15, -0.1) is 0 Å². The van der Waals surface area contributed by atoms with Gasteiger partial charge in [0, 0.05) is 39.3 Å². The summed E-state index contributed by atoms with van der Waals surface area (Å²) in [5, 5.41) is 1.07. The van der Waals surface area contributed by atoms with Gasteiger partial charge in [0.15, 0.2) is 5.13 Å². The third-order valence-corrected chi connectivity index (χ3v) is 5.93. The number of ether oxygens (including phenoxy) is 1. The fourth-order valence-corrected chi connectivity index (χ4v) is 4.53. The summed E-state index contributed by atoms with van der Waals surface area (Å²) in [7, 11) is 0. The molecule has 1 aromatic heterocycles. The van der Waals surface area contributed by atoms with Crippen molar-refractivity contribution in [1.82, 2.24) is 14.8 Å². The lowest BCUT2D eigenvalue weighted by atomic mass is 10.2. The molecule has 6 nitrogen and oxygen atoms in total. The second-order valence-electron chi connectivity index (χ2n) is 6.68. The second-order valence-corrected chi connectivity index (χ2v) is 7.69. The maximum absolute atomic E-state index is 12.7. The van der Waals surface area contributed by atoms with Gasteiger partial charge in [-0.05, 0) is 31.0 Å². The quantitative estimate of drug-likeness (QED) is 0.784. The van der Waals surface area contributed by atoms with E-state index in [0.717, 1.165) is 43.2 Å². The fraction of sp³-hybridized carbons (Fsp3) is 0.556. The van der Waals surface area contributed by atoms with Crippen LogP contribution < -0.4 is 4.90 Å². The average molecular weight is 360 g/mol. The van der Waals surface area contributed by atoms with Crippen LogP contribution in [0.4, 0.5) is 9.93 Å². The van der Waals surface area contributed by atoms with E-state index in [0.29, 0.717) is 26.3 Å². The van der Waals surface area contributed by atoms with Crippen LogP contribution in [0.2, 0.25) is 0 Å². The van der Waals surface area contributed by atoms with Crippen LogP contribution in [-0.2, 0) is 4.74 Å². The summed E-state index contributed by atoms with van der Waals surface area (Å²) >= 11 is 1.75. The first kappa shape index (κ1) is 16.6. The highest BCUT2D eigenvalue weighted by molar-refractivity contribution is 7.22. The molecule has 0 saturated carbocycles. The van der Waals surface area contributed by atoms with Crippen LogP contribution in [0.25, 0.3) is 10.2 Å². The van der Waals surface area contributed by atoms with E-state index >= 15 is 0 Å². The fourth-order valence-electron chi connectivity index (χ4n) is 3.41. The van der Waals surface area contributed by atoms with E-state index in [2.05, 4.69) is 30.0 Å². The van der Waals surface area contributed by atoms with Crippen LogP contribution in [0.5, 0.6) is 0 Å². The Morgan fingerprint density at radius 2 is 1.88 bits per heavy atom. The highest BCUT2D eigenvalue weighted by Gasteiger charge is 2.25. The number of anilines is 1. The Morgan fingerprint density at radius 3 is 2.72 bits per heavy atom. The zero-order valence-corrected chi connectivity index (χ0v) is 15.4. The maximum atomic E-state index is 12.7. The van der Waals surface area contributed by atoms with Crippen LogP contribution in [0, 0.1) is 6.92 Å². The molecule has 4 rings (SSSR count). The molecule has 0 atom stereocenters. The normalized spacial score (nSPS) is 19.3. The zero-order chi connectivity index (χ0) is 17.2. The number of amides is 2. The molecule has 2 saturated heterocycles. The van der Waals surface area contributed by atoms with Crippen LogP contribution in [0.3, 0.4) is 0 Å². The molecule has 0 spiro atoms. The number of hydrogen-bond acceptors (Lipinski definition) is 5. The Kier molecular flexibility index (Phi) is 4.76. The molecule has 25 heavy (non-hydrogen) atoms. The van der Waals surface area contributed by atoms with E-state index in [9.17, 15) is 4.79 Å². The minimum absolute atomic E-state index is 0.157. The SMILES string of the molecule is Cc1ccc2nc(N3CCCN(C(=O)N4CCOCC4)CC3)sc2c1. The smallest absolute Gasteiger partial charge is 0.320 e. The van der Waals surface area contributed by atoms with Crippen molar-refractivity contribution in [3.8, 4) is 0 Å². The molecule has 7 heteroatoms. The summed E-state index contributed by atoms with van der Waals surface area (Å²) in [6.07, 6.45) is 0.977. The first-order valence-electron chi connectivity index (χ1n) is 8.94.